The maximum atomic E-state index is 10.3. The second kappa shape index (κ2) is 4.69. The first-order chi connectivity index (χ1) is 4.92. The van der Waals surface area contributed by atoms with Gasteiger partial charge in [-0.2, -0.15) is 8.42 Å². The normalized spacial score (nSPS) is 12.4. The lowest BCUT2D eigenvalue weighted by Gasteiger charge is -2.03. The van der Waals surface area contributed by atoms with Crippen LogP contribution in [0.5, 0.6) is 0 Å². The van der Waals surface area contributed by atoms with Crippen molar-refractivity contribution < 1.29 is 8.42 Å². The molecule has 0 saturated carbocycles. The predicted octanol–water partition coefficient (Wildman–Crippen LogP) is 0.216. The second-order valence-corrected chi connectivity index (χ2v) is 4.35. The molecule has 3 N–H and O–H groups in total. The van der Waals surface area contributed by atoms with Crippen LogP contribution in [0, 0.1) is 5.92 Å². The quantitative estimate of drug-likeness (QED) is 0.594. The minimum absolute atomic E-state index is 0.441. The van der Waals surface area contributed by atoms with Crippen LogP contribution in [0.4, 0.5) is 0 Å². The fraction of sp³-hybridized carbons (Fsp3) is 1.00. The molecule has 0 rings (SSSR count). The van der Waals surface area contributed by atoms with Crippen molar-refractivity contribution in [3.8, 4) is 0 Å². The third-order valence-corrected chi connectivity index (χ3v) is 1.87. The van der Waals surface area contributed by atoms with Crippen LogP contribution in [0.25, 0.3) is 0 Å². The van der Waals surface area contributed by atoms with E-state index in [-0.39, 0.29) is 0 Å². The van der Waals surface area contributed by atoms with Crippen molar-refractivity contribution in [3.05, 3.63) is 0 Å². The average molecular weight is 180 g/mol. The van der Waals surface area contributed by atoms with E-state index in [4.69, 9.17) is 5.14 Å². The Hall–Kier alpha value is -0.130. The molecule has 0 aromatic carbocycles. The highest BCUT2D eigenvalue weighted by atomic mass is 32.2. The van der Waals surface area contributed by atoms with Gasteiger partial charge in [0, 0.05) is 6.54 Å². The summed E-state index contributed by atoms with van der Waals surface area (Å²) in [5.41, 5.74) is 0. The van der Waals surface area contributed by atoms with Gasteiger partial charge in [-0.3, -0.25) is 0 Å². The molecule has 11 heavy (non-hydrogen) atoms. The van der Waals surface area contributed by atoms with Gasteiger partial charge in [0.15, 0.2) is 0 Å². The highest BCUT2D eigenvalue weighted by Gasteiger charge is 1.99. The lowest BCUT2D eigenvalue weighted by Crippen LogP contribution is -2.31. The highest BCUT2D eigenvalue weighted by Crippen LogP contribution is 2.01. The molecule has 68 valence electrons. The van der Waals surface area contributed by atoms with Crippen LogP contribution in [0.3, 0.4) is 0 Å². The van der Waals surface area contributed by atoms with Gasteiger partial charge >= 0.3 is 0 Å². The lowest BCUT2D eigenvalue weighted by atomic mass is 10.1. The molecule has 0 heterocycles. The lowest BCUT2D eigenvalue weighted by molar-refractivity contribution is 0.540. The fourth-order valence-electron chi connectivity index (χ4n) is 0.725. The van der Waals surface area contributed by atoms with E-state index in [0.717, 1.165) is 12.8 Å². The van der Waals surface area contributed by atoms with Crippen molar-refractivity contribution in [2.24, 2.45) is 11.1 Å². The number of nitrogens with two attached hydrogens (primary N) is 1. The van der Waals surface area contributed by atoms with Crippen molar-refractivity contribution in [3.63, 3.8) is 0 Å². The zero-order valence-corrected chi connectivity index (χ0v) is 7.82. The molecule has 0 unspecified atom stereocenters. The molecular weight excluding hydrogens is 164 g/mol. The molecule has 5 heteroatoms. The van der Waals surface area contributed by atoms with Crippen molar-refractivity contribution in [1.29, 1.82) is 0 Å². The molecule has 0 aromatic rings. The van der Waals surface area contributed by atoms with Crippen molar-refractivity contribution in [2.75, 3.05) is 6.54 Å². The SMILES string of the molecule is CC(C)CCCNS(N)(=O)=O. The standard InChI is InChI=1S/C6H16N2O2S/c1-6(2)4-3-5-8-11(7,9)10/h6,8H,3-5H2,1-2H3,(H2,7,9,10). The molecule has 0 bridgehead atoms. The smallest absolute Gasteiger partial charge is 0.216 e. The second-order valence-electron chi connectivity index (χ2n) is 2.98. The monoisotopic (exact) mass is 180 g/mol. The third-order valence-electron chi connectivity index (χ3n) is 1.26. The van der Waals surface area contributed by atoms with Gasteiger partial charge in [-0.15, -0.1) is 0 Å². The summed E-state index contributed by atoms with van der Waals surface area (Å²) in [5, 5.41) is 4.71. The zero-order valence-electron chi connectivity index (χ0n) is 7.00. The van der Waals surface area contributed by atoms with E-state index in [9.17, 15) is 8.42 Å². The molecule has 0 aliphatic rings. The van der Waals surface area contributed by atoms with E-state index < -0.39 is 10.2 Å². The maximum absolute atomic E-state index is 10.3. The molecule has 0 radical (unpaired) electrons. The summed E-state index contributed by atoms with van der Waals surface area (Å²) in [4.78, 5) is 0. The summed E-state index contributed by atoms with van der Waals surface area (Å²) < 4.78 is 22.9. The van der Waals surface area contributed by atoms with Crippen molar-refractivity contribution in [1.82, 2.24) is 4.72 Å². The van der Waals surface area contributed by atoms with Crippen LogP contribution in [0.15, 0.2) is 0 Å². The van der Waals surface area contributed by atoms with E-state index in [0.29, 0.717) is 12.5 Å². The molecule has 0 spiro atoms. The Bertz CT molecular complexity index is 187. The van der Waals surface area contributed by atoms with E-state index in [1.165, 1.54) is 0 Å². The molecule has 0 saturated heterocycles. The Labute approximate surface area is 68.3 Å². The fourth-order valence-corrected chi connectivity index (χ4v) is 1.15. The predicted molar refractivity (Wildman–Crippen MR) is 45.2 cm³/mol. The Morgan fingerprint density at radius 1 is 1.45 bits per heavy atom. The Morgan fingerprint density at radius 3 is 2.36 bits per heavy atom. The highest BCUT2D eigenvalue weighted by molar-refractivity contribution is 7.87. The molecule has 0 aliphatic heterocycles. The Balaban J connectivity index is 3.30. The Kier molecular flexibility index (Phi) is 4.63. The third kappa shape index (κ3) is 9.87. The minimum atomic E-state index is -3.47. The molecular formula is C6H16N2O2S. The van der Waals surface area contributed by atoms with Gasteiger partial charge in [0.2, 0.25) is 0 Å². The van der Waals surface area contributed by atoms with Gasteiger partial charge in [-0.1, -0.05) is 13.8 Å². The van der Waals surface area contributed by atoms with E-state index in [2.05, 4.69) is 18.6 Å². The zero-order chi connectivity index (χ0) is 8.91. The van der Waals surface area contributed by atoms with Crippen molar-refractivity contribution >= 4 is 10.2 Å². The van der Waals surface area contributed by atoms with Gasteiger partial charge < -0.3 is 0 Å². The number of hydrogen-bond acceptors (Lipinski definition) is 2. The number of rotatable bonds is 5. The van der Waals surface area contributed by atoms with Gasteiger partial charge in [0.05, 0.1) is 0 Å². The van der Waals surface area contributed by atoms with E-state index in [1.807, 2.05) is 0 Å². The van der Waals surface area contributed by atoms with E-state index >= 15 is 0 Å². The molecule has 0 aliphatic carbocycles. The largest absolute Gasteiger partial charge is 0.274 e. The molecule has 0 amide bonds. The van der Waals surface area contributed by atoms with Gasteiger partial charge in [-0.25, -0.2) is 9.86 Å². The first kappa shape index (κ1) is 10.9. The molecule has 0 aromatic heterocycles. The molecule has 4 nitrogen and oxygen atoms in total. The minimum Gasteiger partial charge on any atom is -0.216 e. The summed E-state index contributed by atoms with van der Waals surface area (Å²) in [7, 11) is -3.47. The topological polar surface area (TPSA) is 72.2 Å². The van der Waals surface area contributed by atoms with Crippen LogP contribution in [0.1, 0.15) is 26.7 Å². The summed E-state index contributed by atoms with van der Waals surface area (Å²) in [6.07, 6.45) is 1.86. The van der Waals surface area contributed by atoms with Crippen LogP contribution in [-0.2, 0) is 10.2 Å². The van der Waals surface area contributed by atoms with Gasteiger partial charge in [0.25, 0.3) is 10.2 Å². The van der Waals surface area contributed by atoms with Crippen LogP contribution < -0.4 is 9.86 Å². The van der Waals surface area contributed by atoms with Crippen molar-refractivity contribution in [2.45, 2.75) is 26.7 Å². The van der Waals surface area contributed by atoms with Crippen LogP contribution >= 0.6 is 0 Å². The van der Waals surface area contributed by atoms with Gasteiger partial charge in [-0.05, 0) is 18.8 Å². The average Bonchev–Trinajstić information content (AvgIpc) is 1.78. The number of nitrogens with one attached hydrogen (secondary N) is 1. The summed E-state index contributed by atoms with van der Waals surface area (Å²) in [6, 6.07) is 0. The number of hydrogen-bond donors (Lipinski definition) is 2. The first-order valence-electron chi connectivity index (χ1n) is 3.69. The summed E-state index contributed by atoms with van der Waals surface area (Å²) in [6.45, 7) is 4.63. The first-order valence-corrected chi connectivity index (χ1v) is 5.24. The van der Waals surface area contributed by atoms with Gasteiger partial charge in [0.1, 0.15) is 0 Å². The van der Waals surface area contributed by atoms with Crippen LogP contribution in [-0.4, -0.2) is 15.0 Å². The summed E-state index contributed by atoms with van der Waals surface area (Å²) >= 11 is 0. The van der Waals surface area contributed by atoms with E-state index in [1.54, 1.807) is 0 Å². The molecule has 0 fully saturated rings. The Morgan fingerprint density at radius 2 is 2.00 bits per heavy atom. The summed E-state index contributed by atoms with van der Waals surface area (Å²) in [5.74, 6) is 0.609. The van der Waals surface area contributed by atoms with Crippen LogP contribution in [0.2, 0.25) is 0 Å². The maximum Gasteiger partial charge on any atom is 0.274 e. The molecule has 0 atom stereocenters.